The summed E-state index contributed by atoms with van der Waals surface area (Å²) in [5.41, 5.74) is 0.699. The second-order valence-electron chi connectivity index (χ2n) is 5.08. The van der Waals surface area contributed by atoms with Crippen molar-refractivity contribution in [3.8, 4) is 11.5 Å². The fraction of sp³-hybridized carbons (Fsp3) is 0.278. The first-order valence-electron chi connectivity index (χ1n) is 7.54. The quantitative estimate of drug-likeness (QED) is 0.809. The van der Waals surface area contributed by atoms with Gasteiger partial charge in [-0.3, -0.25) is 4.79 Å². The first-order valence-corrected chi connectivity index (χ1v) is 7.92. The molecule has 0 aliphatic carbocycles. The summed E-state index contributed by atoms with van der Waals surface area (Å²) in [4.78, 5) is 12.1. The van der Waals surface area contributed by atoms with Gasteiger partial charge in [0, 0.05) is 10.7 Å². The number of amides is 1. The molecule has 0 bridgehead atoms. The van der Waals surface area contributed by atoms with Crippen LogP contribution in [0, 0.1) is 0 Å². The lowest BCUT2D eigenvalue weighted by molar-refractivity contribution is -0.122. The van der Waals surface area contributed by atoms with Crippen molar-refractivity contribution in [3.63, 3.8) is 0 Å². The average Bonchev–Trinajstić information content (AvgIpc) is 2.56. The number of carbonyl (C=O) groups excluding carboxylic acids is 1. The van der Waals surface area contributed by atoms with E-state index < -0.39 is 6.10 Å². The highest BCUT2D eigenvalue weighted by molar-refractivity contribution is 6.30. The van der Waals surface area contributed by atoms with Gasteiger partial charge in [0.15, 0.2) is 6.10 Å². The van der Waals surface area contributed by atoms with Crippen LogP contribution in [0.4, 0.5) is 5.69 Å². The maximum absolute atomic E-state index is 12.1. The first kappa shape index (κ1) is 17.2. The van der Waals surface area contributed by atoms with Crippen LogP contribution in [0.1, 0.15) is 20.3 Å². The molecule has 0 saturated heterocycles. The summed E-state index contributed by atoms with van der Waals surface area (Å²) in [6.45, 7) is 4.43. The summed E-state index contributed by atoms with van der Waals surface area (Å²) in [6.07, 6.45) is 0.338. The number of halogens is 1. The van der Waals surface area contributed by atoms with Gasteiger partial charge in [0.2, 0.25) is 0 Å². The first-order chi connectivity index (χ1) is 11.1. The van der Waals surface area contributed by atoms with Crippen LogP contribution in [0.5, 0.6) is 11.5 Å². The lowest BCUT2D eigenvalue weighted by Gasteiger charge is -2.15. The lowest BCUT2D eigenvalue weighted by Crippen LogP contribution is -2.30. The molecule has 122 valence electrons. The Labute approximate surface area is 141 Å². The molecule has 2 aromatic rings. The van der Waals surface area contributed by atoms with E-state index in [2.05, 4.69) is 12.2 Å². The van der Waals surface area contributed by atoms with Gasteiger partial charge in [0.05, 0.1) is 6.61 Å². The molecular formula is C18H20ClNO3. The standard InChI is InChI=1S/C18H20ClNO3/c1-3-12-22-16-10-6-15(7-11-16)20-18(21)13(2)23-17-8-4-14(19)5-9-17/h4-11,13H,3,12H2,1-2H3,(H,20,21)/t13-/m0/s1. The van der Waals surface area contributed by atoms with Gasteiger partial charge in [-0.1, -0.05) is 18.5 Å². The minimum Gasteiger partial charge on any atom is -0.494 e. The van der Waals surface area contributed by atoms with Crippen molar-refractivity contribution in [2.24, 2.45) is 0 Å². The lowest BCUT2D eigenvalue weighted by atomic mass is 10.2. The van der Waals surface area contributed by atoms with Gasteiger partial charge >= 0.3 is 0 Å². The highest BCUT2D eigenvalue weighted by Gasteiger charge is 2.14. The number of rotatable bonds is 7. The molecule has 0 saturated carbocycles. The van der Waals surface area contributed by atoms with Gasteiger partial charge in [0.25, 0.3) is 5.91 Å². The Morgan fingerprint density at radius 2 is 1.70 bits per heavy atom. The topological polar surface area (TPSA) is 47.6 Å². The number of nitrogens with one attached hydrogen (secondary N) is 1. The third-order valence-electron chi connectivity index (χ3n) is 3.09. The van der Waals surface area contributed by atoms with E-state index in [1.54, 1.807) is 43.3 Å². The van der Waals surface area contributed by atoms with Crippen molar-refractivity contribution in [2.45, 2.75) is 26.4 Å². The summed E-state index contributed by atoms with van der Waals surface area (Å²) in [5.74, 6) is 1.16. The number of hydrogen-bond donors (Lipinski definition) is 1. The van der Waals surface area contributed by atoms with Crippen LogP contribution in [-0.2, 0) is 4.79 Å². The molecule has 1 atom stereocenters. The van der Waals surface area contributed by atoms with Crippen LogP contribution >= 0.6 is 11.6 Å². The molecule has 1 N–H and O–H groups in total. The minimum absolute atomic E-state index is 0.220. The fourth-order valence-electron chi connectivity index (χ4n) is 1.87. The van der Waals surface area contributed by atoms with Crippen LogP contribution in [0.15, 0.2) is 48.5 Å². The van der Waals surface area contributed by atoms with Gasteiger partial charge in [0.1, 0.15) is 11.5 Å². The monoisotopic (exact) mass is 333 g/mol. The van der Waals surface area contributed by atoms with Crippen molar-refractivity contribution in [3.05, 3.63) is 53.6 Å². The predicted molar refractivity (Wildman–Crippen MR) is 92.4 cm³/mol. The van der Waals surface area contributed by atoms with Crippen LogP contribution in [0.25, 0.3) is 0 Å². The molecule has 23 heavy (non-hydrogen) atoms. The Morgan fingerprint density at radius 3 is 2.30 bits per heavy atom. The molecule has 0 fully saturated rings. The number of anilines is 1. The number of benzene rings is 2. The molecule has 0 spiro atoms. The molecule has 0 aliphatic rings. The van der Waals surface area contributed by atoms with Gasteiger partial charge in [-0.2, -0.15) is 0 Å². The predicted octanol–water partition coefficient (Wildman–Crippen LogP) is 4.53. The molecule has 0 aromatic heterocycles. The SMILES string of the molecule is CCCOc1ccc(NC(=O)[C@H](C)Oc2ccc(Cl)cc2)cc1. The summed E-state index contributed by atoms with van der Waals surface area (Å²) in [7, 11) is 0. The Kier molecular flexibility index (Phi) is 6.29. The number of carbonyl (C=O) groups is 1. The Bertz CT molecular complexity index is 626. The maximum atomic E-state index is 12.1. The Morgan fingerprint density at radius 1 is 1.09 bits per heavy atom. The van der Waals surface area contributed by atoms with E-state index in [-0.39, 0.29) is 5.91 Å². The average molecular weight is 334 g/mol. The van der Waals surface area contributed by atoms with E-state index in [0.29, 0.717) is 23.1 Å². The zero-order chi connectivity index (χ0) is 16.7. The molecule has 2 rings (SSSR count). The summed E-state index contributed by atoms with van der Waals surface area (Å²) in [5, 5.41) is 3.44. The van der Waals surface area contributed by atoms with Gasteiger partial charge < -0.3 is 14.8 Å². The Hall–Kier alpha value is -2.20. The second-order valence-corrected chi connectivity index (χ2v) is 5.51. The number of hydrogen-bond acceptors (Lipinski definition) is 3. The molecule has 0 aliphatic heterocycles. The molecule has 1 amide bonds. The summed E-state index contributed by atoms with van der Waals surface area (Å²) < 4.78 is 11.1. The molecule has 4 nitrogen and oxygen atoms in total. The van der Waals surface area contributed by atoms with E-state index in [1.807, 2.05) is 12.1 Å². The fourth-order valence-corrected chi connectivity index (χ4v) is 2.00. The van der Waals surface area contributed by atoms with Crippen molar-refractivity contribution < 1.29 is 14.3 Å². The van der Waals surface area contributed by atoms with Crippen LogP contribution < -0.4 is 14.8 Å². The Balaban J connectivity index is 1.88. The molecule has 0 radical (unpaired) electrons. The molecule has 5 heteroatoms. The van der Waals surface area contributed by atoms with Crippen LogP contribution in [-0.4, -0.2) is 18.6 Å². The van der Waals surface area contributed by atoms with E-state index in [1.165, 1.54) is 0 Å². The second kappa shape index (κ2) is 8.44. The van der Waals surface area contributed by atoms with Gasteiger partial charge in [-0.15, -0.1) is 0 Å². The van der Waals surface area contributed by atoms with E-state index in [4.69, 9.17) is 21.1 Å². The maximum Gasteiger partial charge on any atom is 0.265 e. The molecule has 0 unspecified atom stereocenters. The van der Waals surface area contributed by atoms with E-state index in [9.17, 15) is 4.79 Å². The van der Waals surface area contributed by atoms with Crippen molar-refractivity contribution >= 4 is 23.2 Å². The van der Waals surface area contributed by atoms with E-state index in [0.717, 1.165) is 12.2 Å². The largest absolute Gasteiger partial charge is 0.494 e. The smallest absolute Gasteiger partial charge is 0.265 e. The molecule has 0 heterocycles. The summed E-state index contributed by atoms with van der Waals surface area (Å²) >= 11 is 5.82. The molecular weight excluding hydrogens is 314 g/mol. The third-order valence-corrected chi connectivity index (χ3v) is 3.34. The third kappa shape index (κ3) is 5.49. The van der Waals surface area contributed by atoms with Gasteiger partial charge in [-0.25, -0.2) is 0 Å². The van der Waals surface area contributed by atoms with Crippen molar-refractivity contribution in [1.29, 1.82) is 0 Å². The number of ether oxygens (including phenoxy) is 2. The van der Waals surface area contributed by atoms with Crippen molar-refractivity contribution in [2.75, 3.05) is 11.9 Å². The minimum atomic E-state index is -0.618. The van der Waals surface area contributed by atoms with Gasteiger partial charge in [-0.05, 0) is 61.9 Å². The highest BCUT2D eigenvalue weighted by atomic mass is 35.5. The zero-order valence-electron chi connectivity index (χ0n) is 13.2. The molecule has 2 aromatic carbocycles. The highest BCUT2D eigenvalue weighted by Crippen LogP contribution is 2.18. The zero-order valence-corrected chi connectivity index (χ0v) is 14.0. The van der Waals surface area contributed by atoms with Crippen molar-refractivity contribution in [1.82, 2.24) is 0 Å². The van der Waals surface area contributed by atoms with Crippen LogP contribution in [0.3, 0.4) is 0 Å². The van der Waals surface area contributed by atoms with Crippen LogP contribution in [0.2, 0.25) is 5.02 Å². The summed E-state index contributed by atoms with van der Waals surface area (Å²) in [6, 6.07) is 14.2. The van der Waals surface area contributed by atoms with E-state index >= 15 is 0 Å². The normalized spacial score (nSPS) is 11.6.